The van der Waals surface area contributed by atoms with Crippen molar-refractivity contribution < 1.29 is 17.9 Å². The minimum Gasteiger partial charge on any atom is -0.495 e. The molecular formula is C26H28N2O4S. The number of rotatable bonds is 6. The average Bonchev–Trinajstić information content (AvgIpc) is 3.14. The van der Waals surface area contributed by atoms with Crippen LogP contribution in [0.1, 0.15) is 39.4 Å². The van der Waals surface area contributed by atoms with Gasteiger partial charge in [0.15, 0.2) is 0 Å². The molecule has 3 aromatic carbocycles. The highest BCUT2D eigenvalue weighted by Crippen LogP contribution is 2.36. The van der Waals surface area contributed by atoms with E-state index in [1.165, 1.54) is 18.7 Å². The molecule has 1 aliphatic rings. The summed E-state index contributed by atoms with van der Waals surface area (Å²) in [6.07, 6.45) is 0. The first kappa shape index (κ1) is 23.0. The van der Waals surface area contributed by atoms with E-state index in [1.807, 2.05) is 29.2 Å². The molecule has 0 radical (unpaired) electrons. The Kier molecular flexibility index (Phi) is 6.28. The van der Waals surface area contributed by atoms with Crippen molar-refractivity contribution in [1.29, 1.82) is 0 Å². The monoisotopic (exact) mass is 464 g/mol. The number of carbonyl (C=O) groups is 1. The molecule has 0 saturated heterocycles. The van der Waals surface area contributed by atoms with Crippen LogP contribution in [-0.4, -0.2) is 26.3 Å². The van der Waals surface area contributed by atoms with Gasteiger partial charge in [-0.1, -0.05) is 54.1 Å². The Balaban J connectivity index is 1.68. The minimum atomic E-state index is -4.11. The summed E-state index contributed by atoms with van der Waals surface area (Å²) in [7, 11) is -2.71. The zero-order valence-corrected chi connectivity index (χ0v) is 20.1. The molecule has 1 N–H and O–H groups in total. The van der Waals surface area contributed by atoms with Gasteiger partial charge in [0.05, 0.1) is 7.11 Å². The smallest absolute Gasteiger partial charge is 0.267 e. The van der Waals surface area contributed by atoms with Gasteiger partial charge in [0, 0.05) is 13.1 Å². The summed E-state index contributed by atoms with van der Waals surface area (Å²) in [5.41, 5.74) is 6.50. The lowest BCUT2D eigenvalue weighted by atomic mass is 9.99. The van der Waals surface area contributed by atoms with Gasteiger partial charge in [-0.2, -0.15) is 0 Å². The molecule has 0 fully saturated rings. The van der Waals surface area contributed by atoms with Crippen LogP contribution in [0.4, 0.5) is 0 Å². The number of hydrogen-bond acceptors (Lipinski definition) is 5. The quantitative estimate of drug-likeness (QED) is 0.592. The number of aryl methyl sites for hydroxylation is 3. The number of sulfonamides is 1. The van der Waals surface area contributed by atoms with Crippen molar-refractivity contribution in [2.24, 2.45) is 0 Å². The third-order valence-electron chi connectivity index (χ3n) is 6.13. The molecule has 172 valence electrons. The van der Waals surface area contributed by atoms with Gasteiger partial charge in [-0.05, 0) is 60.7 Å². The zero-order chi connectivity index (χ0) is 23.8. The van der Waals surface area contributed by atoms with Crippen molar-refractivity contribution in [3.8, 4) is 5.75 Å². The van der Waals surface area contributed by atoms with E-state index in [1.54, 1.807) is 18.2 Å². The second kappa shape index (κ2) is 9.00. The molecule has 0 aliphatic carbocycles. The van der Waals surface area contributed by atoms with E-state index in [9.17, 15) is 13.2 Å². The summed E-state index contributed by atoms with van der Waals surface area (Å²) >= 11 is 0. The Morgan fingerprint density at radius 3 is 2.36 bits per heavy atom. The third kappa shape index (κ3) is 4.51. The summed E-state index contributed by atoms with van der Waals surface area (Å²) in [5, 5.41) is 0. The molecule has 1 aliphatic heterocycles. The number of nitrogens with zero attached hydrogens (tertiary/aromatic N) is 1. The van der Waals surface area contributed by atoms with Gasteiger partial charge in [0.2, 0.25) is 0 Å². The molecule has 1 unspecified atom stereocenters. The molecule has 7 heteroatoms. The summed E-state index contributed by atoms with van der Waals surface area (Å²) < 4.78 is 33.6. The lowest BCUT2D eigenvalue weighted by Crippen LogP contribution is -2.40. The standard InChI is InChI=1S/C26H28N2O4S/c1-17-13-18(2)22(19(3)14-17)16-28-15-20-9-5-6-10-21(20)25(28)26(29)27-33(30,31)24-12-8-7-11-23(24)32-4/h5-14,25H,15-16H2,1-4H3,(H,27,29). The molecule has 0 saturated carbocycles. The number of hydrogen-bond donors (Lipinski definition) is 1. The van der Waals surface area contributed by atoms with E-state index in [2.05, 4.69) is 37.6 Å². The van der Waals surface area contributed by atoms with Gasteiger partial charge in [0.25, 0.3) is 15.9 Å². The largest absolute Gasteiger partial charge is 0.495 e. The predicted molar refractivity (Wildman–Crippen MR) is 127 cm³/mol. The molecule has 33 heavy (non-hydrogen) atoms. The summed E-state index contributed by atoms with van der Waals surface area (Å²) in [6.45, 7) is 7.31. The topological polar surface area (TPSA) is 75.7 Å². The van der Waals surface area contributed by atoms with Gasteiger partial charge >= 0.3 is 0 Å². The lowest BCUT2D eigenvalue weighted by Gasteiger charge is -2.26. The molecule has 6 nitrogen and oxygen atoms in total. The first-order chi connectivity index (χ1) is 15.7. The van der Waals surface area contributed by atoms with Crippen molar-refractivity contribution in [2.45, 2.75) is 44.8 Å². The van der Waals surface area contributed by atoms with Crippen molar-refractivity contribution in [3.05, 3.63) is 94.0 Å². The van der Waals surface area contributed by atoms with E-state index in [-0.39, 0.29) is 10.6 Å². The second-order valence-electron chi connectivity index (χ2n) is 8.50. The summed E-state index contributed by atoms with van der Waals surface area (Å²) in [6, 6.07) is 17.5. The van der Waals surface area contributed by atoms with Crippen molar-refractivity contribution in [1.82, 2.24) is 9.62 Å². The number of methoxy groups -OCH3 is 1. The molecule has 1 atom stereocenters. The van der Waals surface area contributed by atoms with E-state index in [0.29, 0.717) is 13.1 Å². The fourth-order valence-corrected chi connectivity index (χ4v) is 5.81. The SMILES string of the molecule is COc1ccccc1S(=O)(=O)NC(=O)C1c2ccccc2CN1Cc1c(C)cc(C)cc1C. The highest BCUT2D eigenvalue weighted by molar-refractivity contribution is 7.90. The Hall–Kier alpha value is -3.16. The van der Waals surface area contributed by atoms with E-state index >= 15 is 0 Å². The molecule has 0 aromatic heterocycles. The molecule has 1 amide bonds. The predicted octanol–water partition coefficient (Wildman–Crippen LogP) is 4.18. The van der Waals surface area contributed by atoms with Crippen molar-refractivity contribution >= 4 is 15.9 Å². The zero-order valence-electron chi connectivity index (χ0n) is 19.3. The van der Waals surface area contributed by atoms with Crippen LogP contribution in [0.3, 0.4) is 0 Å². The molecule has 3 aromatic rings. The Morgan fingerprint density at radius 2 is 1.67 bits per heavy atom. The van der Waals surface area contributed by atoms with Gasteiger partial charge in [-0.3, -0.25) is 9.69 Å². The number of ether oxygens (including phenoxy) is 1. The first-order valence-corrected chi connectivity index (χ1v) is 12.3. The fraction of sp³-hybridized carbons (Fsp3) is 0.269. The van der Waals surface area contributed by atoms with Gasteiger partial charge in [-0.15, -0.1) is 0 Å². The van der Waals surface area contributed by atoms with E-state index in [0.717, 1.165) is 27.8 Å². The summed E-state index contributed by atoms with van der Waals surface area (Å²) in [4.78, 5) is 15.4. The van der Waals surface area contributed by atoms with Crippen LogP contribution in [0.5, 0.6) is 5.75 Å². The maximum absolute atomic E-state index is 13.4. The van der Waals surface area contributed by atoms with Crippen LogP contribution < -0.4 is 9.46 Å². The van der Waals surface area contributed by atoms with Crippen molar-refractivity contribution in [2.75, 3.05) is 7.11 Å². The van der Waals surface area contributed by atoms with Crippen LogP contribution in [0, 0.1) is 20.8 Å². The normalized spacial score (nSPS) is 15.8. The van der Waals surface area contributed by atoms with E-state index < -0.39 is 22.0 Å². The number of fused-ring (bicyclic) bond motifs is 1. The number of benzene rings is 3. The Bertz CT molecular complexity index is 1290. The molecule has 0 bridgehead atoms. The first-order valence-electron chi connectivity index (χ1n) is 10.8. The van der Waals surface area contributed by atoms with Gasteiger partial charge < -0.3 is 4.74 Å². The van der Waals surface area contributed by atoms with E-state index in [4.69, 9.17) is 4.74 Å². The number of carbonyl (C=O) groups excluding carboxylic acids is 1. The van der Waals surface area contributed by atoms with Gasteiger partial charge in [-0.25, -0.2) is 13.1 Å². The Morgan fingerprint density at radius 1 is 1.03 bits per heavy atom. The Labute approximate surface area is 195 Å². The molecule has 1 heterocycles. The third-order valence-corrected chi connectivity index (χ3v) is 7.52. The minimum absolute atomic E-state index is 0.0658. The maximum atomic E-state index is 13.4. The van der Waals surface area contributed by atoms with Crippen LogP contribution in [0.25, 0.3) is 0 Å². The second-order valence-corrected chi connectivity index (χ2v) is 10.2. The highest BCUT2D eigenvalue weighted by atomic mass is 32.2. The van der Waals surface area contributed by atoms with Crippen LogP contribution in [0.2, 0.25) is 0 Å². The number of para-hydroxylation sites is 1. The molecule has 4 rings (SSSR count). The fourth-order valence-electron chi connectivity index (χ4n) is 4.65. The highest BCUT2D eigenvalue weighted by Gasteiger charge is 2.38. The van der Waals surface area contributed by atoms with Crippen LogP contribution in [-0.2, 0) is 27.9 Å². The number of nitrogens with one attached hydrogen (secondary N) is 1. The average molecular weight is 465 g/mol. The number of amides is 1. The van der Waals surface area contributed by atoms with Crippen molar-refractivity contribution in [3.63, 3.8) is 0 Å². The van der Waals surface area contributed by atoms with Crippen LogP contribution in [0.15, 0.2) is 65.6 Å². The molecule has 0 spiro atoms. The van der Waals surface area contributed by atoms with Gasteiger partial charge in [0.1, 0.15) is 16.7 Å². The summed E-state index contributed by atoms with van der Waals surface area (Å²) in [5.74, 6) is -0.388. The molecular weight excluding hydrogens is 436 g/mol. The maximum Gasteiger partial charge on any atom is 0.267 e. The van der Waals surface area contributed by atoms with Crippen LogP contribution >= 0.6 is 0 Å². The lowest BCUT2D eigenvalue weighted by molar-refractivity contribution is -0.124.